The number of aromatic nitrogens is 3. The van der Waals surface area contributed by atoms with E-state index < -0.39 is 14.2 Å². The van der Waals surface area contributed by atoms with E-state index in [0.717, 1.165) is 38.8 Å². The van der Waals surface area contributed by atoms with Crippen LogP contribution in [0, 0.1) is 10.5 Å². The molecule has 1 N–H and O–H groups in total. The number of hydrogen-bond donors (Lipinski definition) is 1. The highest BCUT2D eigenvalue weighted by Crippen LogP contribution is 2.34. The molecule has 8 nitrogen and oxygen atoms in total. The second kappa shape index (κ2) is 8.99. The fourth-order valence-electron chi connectivity index (χ4n) is 3.82. The monoisotopic (exact) mass is 545 g/mol. The molecule has 1 amide bonds. The van der Waals surface area contributed by atoms with Gasteiger partial charge in [-0.3, -0.25) is 0 Å². The maximum Gasteiger partial charge on any atom is 0.407 e. The molecule has 2 aromatic heterocycles. The van der Waals surface area contributed by atoms with Gasteiger partial charge in [0.15, 0.2) is 0 Å². The third-order valence-electron chi connectivity index (χ3n) is 5.73. The van der Waals surface area contributed by atoms with E-state index in [0.29, 0.717) is 19.8 Å². The minimum absolute atomic E-state index is 0.0304. The lowest BCUT2D eigenvalue weighted by Gasteiger charge is -2.43. The van der Waals surface area contributed by atoms with Crippen LogP contribution in [-0.4, -0.2) is 70.5 Å². The normalized spacial score (nSPS) is 20.2. The number of anilines is 1. The van der Waals surface area contributed by atoms with Crippen LogP contribution < -0.4 is 4.90 Å². The molecule has 0 saturated carbocycles. The molecule has 2 atom stereocenters. The maximum absolute atomic E-state index is 11.5. The van der Waals surface area contributed by atoms with Gasteiger partial charge in [0.2, 0.25) is 0 Å². The Morgan fingerprint density at radius 3 is 2.60 bits per heavy atom. The summed E-state index contributed by atoms with van der Waals surface area (Å²) in [6.45, 7) is 15.4. The minimum Gasteiger partial charge on any atom is -0.465 e. The first-order valence-corrected chi connectivity index (χ1v) is 15.1. The molecule has 1 aliphatic rings. The summed E-state index contributed by atoms with van der Waals surface area (Å²) in [5, 5.41) is 10.5. The Bertz CT molecular complexity index is 929. The number of fused-ring (bicyclic) bond motifs is 1. The summed E-state index contributed by atoms with van der Waals surface area (Å²) in [6.07, 6.45) is 0.737. The number of ether oxygens (including phenoxy) is 1. The molecule has 2 aromatic rings. The number of carbonyl (C=O) groups is 1. The number of carboxylic acid groups (broad SMARTS) is 1. The first-order chi connectivity index (χ1) is 14.0. The molecule has 0 aliphatic carbocycles. The summed E-state index contributed by atoms with van der Waals surface area (Å²) < 4.78 is 9.25. The summed E-state index contributed by atoms with van der Waals surface area (Å²) >= 11 is 2.37. The van der Waals surface area contributed by atoms with Crippen molar-refractivity contribution >= 4 is 53.6 Å². The summed E-state index contributed by atoms with van der Waals surface area (Å²) in [5.41, 5.74) is 1.99. The SMILES string of the molecule is Cc1c(I)c2c(N3CC(C)N(C(=O)O)CC3C)ncnc2n1COCC[Si](C)(C)C. The van der Waals surface area contributed by atoms with Crippen LogP contribution in [-0.2, 0) is 11.5 Å². The third-order valence-corrected chi connectivity index (χ3v) is 8.75. The van der Waals surface area contributed by atoms with Crippen molar-refractivity contribution in [2.75, 3.05) is 24.6 Å². The molecular weight excluding hydrogens is 513 g/mol. The van der Waals surface area contributed by atoms with E-state index in [-0.39, 0.29) is 12.1 Å². The van der Waals surface area contributed by atoms with Gasteiger partial charge in [0, 0.05) is 49.1 Å². The van der Waals surface area contributed by atoms with Crippen molar-refractivity contribution in [3.05, 3.63) is 15.6 Å². The van der Waals surface area contributed by atoms with Crippen molar-refractivity contribution in [1.29, 1.82) is 0 Å². The molecule has 2 unspecified atom stereocenters. The third kappa shape index (κ3) is 4.75. The van der Waals surface area contributed by atoms with Crippen LogP contribution >= 0.6 is 22.6 Å². The first kappa shape index (κ1) is 23.3. The molecule has 1 saturated heterocycles. The molecule has 3 heterocycles. The highest BCUT2D eigenvalue weighted by Gasteiger charge is 2.34. The molecule has 3 rings (SSSR count). The van der Waals surface area contributed by atoms with Gasteiger partial charge >= 0.3 is 6.09 Å². The second-order valence-corrected chi connectivity index (χ2v) is 16.1. The zero-order chi connectivity index (χ0) is 22.2. The van der Waals surface area contributed by atoms with Crippen LogP contribution in [0.5, 0.6) is 0 Å². The lowest BCUT2D eigenvalue weighted by atomic mass is 10.1. The fraction of sp³-hybridized carbons (Fsp3) is 0.650. The van der Waals surface area contributed by atoms with E-state index in [1.807, 2.05) is 13.8 Å². The highest BCUT2D eigenvalue weighted by atomic mass is 127. The Kier molecular flexibility index (Phi) is 6.97. The van der Waals surface area contributed by atoms with E-state index in [1.165, 1.54) is 4.90 Å². The van der Waals surface area contributed by atoms with Crippen LogP contribution in [0.25, 0.3) is 11.0 Å². The average Bonchev–Trinajstić information content (AvgIpc) is 2.90. The lowest BCUT2D eigenvalue weighted by molar-refractivity contribution is 0.0885. The summed E-state index contributed by atoms with van der Waals surface area (Å²) in [7, 11) is -1.13. The molecule has 1 fully saturated rings. The average molecular weight is 545 g/mol. The number of piperazine rings is 1. The van der Waals surface area contributed by atoms with E-state index in [4.69, 9.17) is 4.74 Å². The Labute approximate surface area is 192 Å². The van der Waals surface area contributed by atoms with E-state index in [2.05, 4.69) is 68.6 Å². The zero-order valence-corrected chi connectivity index (χ0v) is 21.8. The Morgan fingerprint density at radius 2 is 1.97 bits per heavy atom. The molecule has 0 aromatic carbocycles. The molecule has 1 aliphatic heterocycles. The van der Waals surface area contributed by atoms with E-state index in [1.54, 1.807) is 6.33 Å². The summed E-state index contributed by atoms with van der Waals surface area (Å²) in [5.74, 6) is 0.873. The van der Waals surface area contributed by atoms with Gasteiger partial charge in [0.05, 0.1) is 5.39 Å². The standard InChI is InChI=1S/C20H32IN5O3Si/c1-13-10-25(20(27)28)14(2)9-24(13)18-16-17(21)15(3)26(19(16)23-11-22-18)12-29-7-8-30(4,5)6/h11,13-14H,7-10,12H2,1-6H3,(H,27,28). The molecule has 10 heteroatoms. The molecular formula is C20H32IN5O3Si. The van der Waals surface area contributed by atoms with Gasteiger partial charge in [0.1, 0.15) is 24.5 Å². The Balaban J connectivity index is 1.90. The van der Waals surface area contributed by atoms with Gasteiger partial charge in [0.25, 0.3) is 0 Å². The second-order valence-electron chi connectivity index (χ2n) is 9.36. The van der Waals surface area contributed by atoms with Gasteiger partial charge in [-0.1, -0.05) is 19.6 Å². The molecule has 30 heavy (non-hydrogen) atoms. The minimum atomic E-state index is -1.13. The zero-order valence-electron chi connectivity index (χ0n) is 18.6. The quantitative estimate of drug-likeness (QED) is 0.332. The van der Waals surface area contributed by atoms with Crippen molar-refractivity contribution < 1.29 is 14.6 Å². The number of rotatable bonds is 6. The Hall–Kier alpha value is -1.40. The largest absolute Gasteiger partial charge is 0.465 e. The number of amides is 1. The van der Waals surface area contributed by atoms with Crippen LogP contribution in [0.15, 0.2) is 6.33 Å². The number of halogens is 1. The first-order valence-electron chi connectivity index (χ1n) is 10.3. The highest BCUT2D eigenvalue weighted by molar-refractivity contribution is 14.1. The molecule has 0 bridgehead atoms. The maximum atomic E-state index is 11.5. The number of nitrogens with zero attached hydrogens (tertiary/aromatic N) is 5. The molecule has 166 valence electrons. The lowest BCUT2D eigenvalue weighted by Crippen LogP contribution is -2.58. The topological polar surface area (TPSA) is 83.7 Å². The van der Waals surface area contributed by atoms with Gasteiger partial charge < -0.3 is 24.2 Å². The van der Waals surface area contributed by atoms with Crippen molar-refractivity contribution in [2.24, 2.45) is 0 Å². The molecule has 0 spiro atoms. The smallest absolute Gasteiger partial charge is 0.407 e. The summed E-state index contributed by atoms with van der Waals surface area (Å²) in [6, 6.07) is 1.06. The van der Waals surface area contributed by atoms with Gasteiger partial charge in [-0.25, -0.2) is 14.8 Å². The van der Waals surface area contributed by atoms with Crippen LogP contribution in [0.1, 0.15) is 19.5 Å². The van der Waals surface area contributed by atoms with Crippen LogP contribution in [0.4, 0.5) is 10.6 Å². The fourth-order valence-corrected chi connectivity index (χ4v) is 5.35. The predicted molar refractivity (Wildman–Crippen MR) is 130 cm³/mol. The van der Waals surface area contributed by atoms with E-state index in [9.17, 15) is 9.90 Å². The van der Waals surface area contributed by atoms with Crippen molar-refractivity contribution in [1.82, 2.24) is 19.4 Å². The summed E-state index contributed by atoms with van der Waals surface area (Å²) in [4.78, 5) is 24.4. The van der Waals surface area contributed by atoms with Crippen molar-refractivity contribution in [3.8, 4) is 0 Å². The van der Waals surface area contributed by atoms with Gasteiger partial charge in [-0.15, -0.1) is 0 Å². The van der Waals surface area contributed by atoms with Gasteiger partial charge in [-0.05, 0) is 49.4 Å². The van der Waals surface area contributed by atoms with Crippen molar-refractivity contribution in [2.45, 2.75) is 65.3 Å². The van der Waals surface area contributed by atoms with Crippen molar-refractivity contribution in [3.63, 3.8) is 0 Å². The predicted octanol–water partition coefficient (Wildman–Crippen LogP) is 4.23. The van der Waals surface area contributed by atoms with Crippen LogP contribution in [0.3, 0.4) is 0 Å². The molecule has 0 radical (unpaired) electrons. The Morgan fingerprint density at radius 1 is 1.27 bits per heavy atom. The van der Waals surface area contributed by atoms with Gasteiger partial charge in [-0.2, -0.15) is 0 Å². The number of hydrogen-bond acceptors (Lipinski definition) is 5. The van der Waals surface area contributed by atoms with Crippen LogP contribution in [0.2, 0.25) is 25.7 Å². The van der Waals surface area contributed by atoms with E-state index >= 15 is 0 Å².